The van der Waals surface area contributed by atoms with Crippen molar-refractivity contribution in [3.8, 4) is 0 Å². The number of amides is 1. The monoisotopic (exact) mass is 478 g/mol. The number of nitrogens with one attached hydrogen (secondary N) is 4. The number of pyridine rings is 1. The minimum atomic E-state index is -0.155. The van der Waals surface area contributed by atoms with Gasteiger partial charge in [0.25, 0.3) is 0 Å². The SMILES string of the molecule is CN=C(NCCc1c[nH]c2ccccc12)NCC(=O)Nc1cccnc1.I. The second-order valence-corrected chi connectivity index (χ2v) is 5.75. The first-order chi connectivity index (χ1) is 12.8. The molecule has 0 spiro atoms. The Hall–Kier alpha value is -2.62. The molecule has 8 heteroatoms. The van der Waals surface area contributed by atoms with E-state index in [4.69, 9.17) is 0 Å². The lowest BCUT2D eigenvalue weighted by atomic mass is 10.1. The quantitative estimate of drug-likeness (QED) is 0.249. The normalized spacial score (nSPS) is 10.9. The number of aliphatic imine (C=N–C) groups is 1. The lowest BCUT2D eigenvalue weighted by Crippen LogP contribution is -2.42. The van der Waals surface area contributed by atoms with E-state index in [0.29, 0.717) is 18.2 Å². The second-order valence-electron chi connectivity index (χ2n) is 5.75. The van der Waals surface area contributed by atoms with Crippen LogP contribution in [0.1, 0.15) is 5.56 Å². The minimum Gasteiger partial charge on any atom is -0.361 e. The van der Waals surface area contributed by atoms with Crippen LogP contribution in [0.5, 0.6) is 0 Å². The first-order valence-electron chi connectivity index (χ1n) is 8.45. The number of para-hydroxylation sites is 1. The third-order valence-corrected chi connectivity index (χ3v) is 3.95. The van der Waals surface area contributed by atoms with Crippen LogP contribution in [0.3, 0.4) is 0 Å². The van der Waals surface area contributed by atoms with Gasteiger partial charge in [-0.05, 0) is 30.2 Å². The summed E-state index contributed by atoms with van der Waals surface area (Å²) in [6.45, 7) is 0.841. The standard InChI is InChI=1S/C19H22N6O.HI/c1-20-19(24-13-18(26)25-15-5-4-9-21-12-15)22-10-8-14-11-23-17-7-3-2-6-16(14)17;/h2-7,9,11-12,23H,8,10,13H2,1H3,(H,25,26)(H2,20,22,24);1H. The Bertz CT molecular complexity index is 893. The molecule has 1 amide bonds. The summed E-state index contributed by atoms with van der Waals surface area (Å²) in [5, 5.41) is 10.2. The first-order valence-corrected chi connectivity index (χ1v) is 8.45. The van der Waals surface area contributed by atoms with Gasteiger partial charge < -0.3 is 20.9 Å². The molecule has 1 aromatic carbocycles. The number of benzene rings is 1. The summed E-state index contributed by atoms with van der Waals surface area (Å²) in [5.41, 5.74) is 3.05. The van der Waals surface area contributed by atoms with Crippen LogP contribution in [0.2, 0.25) is 0 Å². The van der Waals surface area contributed by atoms with Gasteiger partial charge in [-0.15, -0.1) is 24.0 Å². The molecule has 0 bridgehead atoms. The van der Waals surface area contributed by atoms with Crippen LogP contribution >= 0.6 is 24.0 Å². The molecular weight excluding hydrogens is 455 g/mol. The van der Waals surface area contributed by atoms with Crippen molar-refractivity contribution in [3.05, 3.63) is 60.6 Å². The van der Waals surface area contributed by atoms with Crippen molar-refractivity contribution in [3.63, 3.8) is 0 Å². The summed E-state index contributed by atoms with van der Waals surface area (Å²) in [4.78, 5) is 23.3. The van der Waals surface area contributed by atoms with Crippen LogP contribution in [-0.4, -0.2) is 42.0 Å². The molecule has 0 atom stereocenters. The topological polar surface area (TPSA) is 94.2 Å². The third-order valence-electron chi connectivity index (χ3n) is 3.95. The highest BCUT2D eigenvalue weighted by Gasteiger charge is 2.06. The number of nitrogens with zero attached hydrogens (tertiary/aromatic N) is 2. The molecule has 27 heavy (non-hydrogen) atoms. The second kappa shape index (κ2) is 10.5. The van der Waals surface area contributed by atoms with E-state index in [1.165, 1.54) is 10.9 Å². The maximum atomic E-state index is 12.0. The lowest BCUT2D eigenvalue weighted by molar-refractivity contribution is -0.115. The van der Waals surface area contributed by atoms with E-state index in [-0.39, 0.29) is 36.4 Å². The number of guanidine groups is 1. The number of aromatic nitrogens is 2. The van der Waals surface area contributed by atoms with E-state index in [0.717, 1.165) is 11.9 Å². The maximum Gasteiger partial charge on any atom is 0.243 e. The van der Waals surface area contributed by atoms with E-state index >= 15 is 0 Å². The molecule has 4 N–H and O–H groups in total. The molecule has 7 nitrogen and oxygen atoms in total. The molecule has 0 saturated carbocycles. The van der Waals surface area contributed by atoms with Crippen LogP contribution in [0, 0.1) is 0 Å². The summed E-state index contributed by atoms with van der Waals surface area (Å²) in [6.07, 6.45) is 6.15. The molecule has 0 unspecified atom stereocenters. The lowest BCUT2D eigenvalue weighted by Gasteiger charge is -2.11. The summed E-state index contributed by atoms with van der Waals surface area (Å²) >= 11 is 0. The first kappa shape index (κ1) is 20.7. The zero-order valence-electron chi connectivity index (χ0n) is 15.0. The van der Waals surface area contributed by atoms with Crippen molar-refractivity contribution in [2.24, 2.45) is 4.99 Å². The Kier molecular flexibility index (Phi) is 8.05. The van der Waals surface area contributed by atoms with Crippen molar-refractivity contribution in [1.29, 1.82) is 0 Å². The Balaban J connectivity index is 0.00000261. The summed E-state index contributed by atoms with van der Waals surface area (Å²) in [5.74, 6) is 0.434. The van der Waals surface area contributed by atoms with Crippen LogP contribution in [0.15, 0.2) is 60.0 Å². The molecular formula is C19H23IN6O. The van der Waals surface area contributed by atoms with Gasteiger partial charge in [0.1, 0.15) is 0 Å². The number of hydrogen-bond donors (Lipinski definition) is 4. The zero-order chi connectivity index (χ0) is 18.2. The van der Waals surface area contributed by atoms with Gasteiger partial charge in [-0.2, -0.15) is 0 Å². The predicted octanol–water partition coefficient (Wildman–Crippen LogP) is 2.53. The van der Waals surface area contributed by atoms with Crippen molar-refractivity contribution < 1.29 is 4.79 Å². The third kappa shape index (κ3) is 5.95. The molecule has 3 aromatic rings. The highest BCUT2D eigenvalue weighted by Crippen LogP contribution is 2.17. The fourth-order valence-electron chi connectivity index (χ4n) is 2.68. The van der Waals surface area contributed by atoms with E-state index in [9.17, 15) is 4.79 Å². The van der Waals surface area contributed by atoms with Gasteiger partial charge in [-0.1, -0.05) is 18.2 Å². The molecule has 0 aliphatic heterocycles. The molecule has 3 rings (SSSR count). The summed E-state index contributed by atoms with van der Waals surface area (Å²) in [6, 6.07) is 11.8. The molecule has 142 valence electrons. The Labute approximate surface area is 175 Å². The molecule has 2 heterocycles. The predicted molar refractivity (Wildman–Crippen MR) is 120 cm³/mol. The van der Waals surface area contributed by atoms with E-state index in [2.05, 4.69) is 43.0 Å². The number of fused-ring (bicyclic) bond motifs is 1. The largest absolute Gasteiger partial charge is 0.361 e. The minimum absolute atomic E-state index is 0. The van der Waals surface area contributed by atoms with Crippen LogP contribution in [0.4, 0.5) is 5.69 Å². The summed E-state index contributed by atoms with van der Waals surface area (Å²) < 4.78 is 0. The molecule has 0 fully saturated rings. The van der Waals surface area contributed by atoms with E-state index in [1.54, 1.807) is 31.6 Å². The Morgan fingerprint density at radius 1 is 1.19 bits per heavy atom. The highest BCUT2D eigenvalue weighted by molar-refractivity contribution is 14.0. The van der Waals surface area contributed by atoms with Gasteiger partial charge in [-0.3, -0.25) is 14.8 Å². The average molecular weight is 478 g/mol. The fraction of sp³-hybridized carbons (Fsp3) is 0.211. The Morgan fingerprint density at radius 3 is 2.81 bits per heavy atom. The Morgan fingerprint density at radius 2 is 2.04 bits per heavy atom. The number of halogens is 1. The van der Waals surface area contributed by atoms with Crippen molar-refractivity contribution >= 4 is 52.4 Å². The van der Waals surface area contributed by atoms with Gasteiger partial charge in [0, 0.05) is 36.9 Å². The van der Waals surface area contributed by atoms with Crippen LogP contribution in [0.25, 0.3) is 10.9 Å². The molecule has 0 saturated heterocycles. The van der Waals surface area contributed by atoms with Crippen LogP contribution < -0.4 is 16.0 Å². The number of carbonyl (C=O) groups is 1. The van der Waals surface area contributed by atoms with Crippen molar-refractivity contribution in [2.75, 3.05) is 25.5 Å². The fourth-order valence-corrected chi connectivity index (χ4v) is 2.68. The van der Waals surface area contributed by atoms with Gasteiger partial charge >= 0.3 is 0 Å². The van der Waals surface area contributed by atoms with E-state index < -0.39 is 0 Å². The van der Waals surface area contributed by atoms with Gasteiger partial charge in [0.15, 0.2) is 5.96 Å². The number of H-pyrrole nitrogens is 1. The molecule has 0 aliphatic carbocycles. The van der Waals surface area contributed by atoms with Gasteiger partial charge in [0.2, 0.25) is 5.91 Å². The van der Waals surface area contributed by atoms with Crippen LogP contribution in [-0.2, 0) is 11.2 Å². The smallest absolute Gasteiger partial charge is 0.243 e. The van der Waals surface area contributed by atoms with Crippen molar-refractivity contribution in [1.82, 2.24) is 20.6 Å². The average Bonchev–Trinajstić information content (AvgIpc) is 3.08. The number of rotatable bonds is 6. The highest BCUT2D eigenvalue weighted by atomic mass is 127. The van der Waals surface area contributed by atoms with Gasteiger partial charge in [0.05, 0.1) is 18.4 Å². The van der Waals surface area contributed by atoms with E-state index in [1.807, 2.05) is 18.3 Å². The van der Waals surface area contributed by atoms with Crippen molar-refractivity contribution in [2.45, 2.75) is 6.42 Å². The number of carbonyl (C=O) groups excluding carboxylic acids is 1. The molecule has 0 aliphatic rings. The van der Waals surface area contributed by atoms with Gasteiger partial charge in [-0.25, -0.2) is 0 Å². The number of hydrogen-bond acceptors (Lipinski definition) is 3. The molecule has 2 aromatic heterocycles. The summed E-state index contributed by atoms with van der Waals surface area (Å²) in [7, 11) is 1.68. The number of anilines is 1. The maximum absolute atomic E-state index is 12.0. The zero-order valence-corrected chi connectivity index (χ0v) is 17.4. The molecule has 0 radical (unpaired) electrons. The number of aromatic amines is 1.